The lowest BCUT2D eigenvalue weighted by Crippen LogP contribution is -2.57. The van der Waals surface area contributed by atoms with Crippen LogP contribution in [0.15, 0.2) is 47.4 Å². The summed E-state index contributed by atoms with van der Waals surface area (Å²) in [6, 6.07) is 6.89. The van der Waals surface area contributed by atoms with Crippen LogP contribution in [0, 0.1) is 10.8 Å². The van der Waals surface area contributed by atoms with Gasteiger partial charge < -0.3 is 10.0 Å². The molecule has 1 N–H and O–H groups in total. The molecule has 1 heterocycles. The number of carbonyl (C=O) groups excluding carboxylic acids is 1. The molecule has 0 aromatic heterocycles. The van der Waals surface area contributed by atoms with E-state index in [-0.39, 0.29) is 53.7 Å². The first-order valence-corrected chi connectivity index (χ1v) is 20.0. The summed E-state index contributed by atoms with van der Waals surface area (Å²) in [6.07, 6.45) is -10.5. The molecule has 5 aliphatic rings. The molecule has 53 heavy (non-hydrogen) atoms. The smallest absolute Gasteiger partial charge is 0.435 e. The molecule has 1 saturated heterocycles. The molecule has 2 aromatic carbocycles. The van der Waals surface area contributed by atoms with E-state index in [4.69, 9.17) is 0 Å². The first kappa shape index (κ1) is 42.6. The summed E-state index contributed by atoms with van der Waals surface area (Å²) >= 11 is 0. The van der Waals surface area contributed by atoms with E-state index in [1.54, 1.807) is 12.1 Å². The highest BCUT2D eigenvalue weighted by molar-refractivity contribution is 7.92. The molecule has 4 aliphatic carbocycles. The monoisotopic (exact) mass is 777 g/mol. The molecule has 1 aliphatic heterocycles. The number of nitrogens with zero attached hydrogens (tertiary/aromatic N) is 1. The minimum atomic E-state index is -6.34. The maximum Gasteiger partial charge on any atom is 0.435 e. The Labute approximate surface area is 307 Å². The van der Waals surface area contributed by atoms with Gasteiger partial charge in [0.05, 0.1) is 16.4 Å². The Bertz CT molecular complexity index is 1730. The standard InChI is InChI=1S/C35H38F7NO5S.2C2H6/c1-3-21(2)22-4-8-25(9-5-22)49(47,48)32-18-19-43(28(44)30-12-15-31(16-13-30,17-14-30)29(45)46)27(32)11-6-23-20-24(7-10-26(23)32)33(36,34(37,38)39)35(40,41)42;2*1-2/h4-5,7-10,20-21,27H,3,6,11-19H2,1-2H3,(H,45,46);2*1-2H3. The van der Waals surface area contributed by atoms with E-state index in [0.717, 1.165) is 18.1 Å². The molecule has 3 atom stereocenters. The number of rotatable bonds is 7. The van der Waals surface area contributed by atoms with Crippen molar-refractivity contribution in [3.63, 3.8) is 0 Å². The summed E-state index contributed by atoms with van der Waals surface area (Å²) < 4.78 is 125. The average molecular weight is 778 g/mol. The lowest BCUT2D eigenvalue weighted by atomic mass is 9.53. The molecule has 3 saturated carbocycles. The number of aliphatic carboxylic acids is 1. The number of hydrogen-bond donors (Lipinski definition) is 1. The van der Waals surface area contributed by atoms with Gasteiger partial charge in [0.1, 0.15) is 4.75 Å². The van der Waals surface area contributed by atoms with Crippen molar-refractivity contribution < 1.29 is 53.8 Å². The minimum Gasteiger partial charge on any atom is -0.481 e. The number of amides is 1. The molecule has 2 aromatic rings. The molecule has 14 heteroatoms. The van der Waals surface area contributed by atoms with Gasteiger partial charge >= 0.3 is 24.0 Å². The zero-order valence-electron chi connectivity index (χ0n) is 31.1. The quantitative estimate of drug-likeness (QED) is 0.283. The van der Waals surface area contributed by atoms with Crippen LogP contribution >= 0.6 is 0 Å². The second-order valence-electron chi connectivity index (χ2n) is 14.5. The van der Waals surface area contributed by atoms with Gasteiger partial charge in [-0.1, -0.05) is 71.9 Å². The van der Waals surface area contributed by atoms with Crippen LogP contribution in [0.5, 0.6) is 0 Å². The molecule has 0 radical (unpaired) electrons. The topological polar surface area (TPSA) is 91.8 Å². The van der Waals surface area contributed by atoms with Gasteiger partial charge in [0, 0.05) is 17.5 Å². The van der Waals surface area contributed by atoms with Crippen LogP contribution in [-0.4, -0.2) is 55.2 Å². The molecular weight excluding hydrogens is 727 g/mol. The molecule has 1 amide bonds. The molecule has 7 rings (SSSR count). The summed E-state index contributed by atoms with van der Waals surface area (Å²) in [5.74, 6) is -1.10. The fourth-order valence-corrected chi connectivity index (χ4v) is 11.4. The third-order valence-electron chi connectivity index (χ3n) is 12.3. The van der Waals surface area contributed by atoms with Crippen molar-refractivity contribution >= 4 is 21.7 Å². The van der Waals surface area contributed by atoms with Crippen LogP contribution < -0.4 is 0 Å². The van der Waals surface area contributed by atoms with Crippen LogP contribution in [-0.2, 0) is 36.3 Å². The molecule has 3 unspecified atom stereocenters. The van der Waals surface area contributed by atoms with Gasteiger partial charge in [-0.05, 0) is 98.9 Å². The van der Waals surface area contributed by atoms with E-state index in [1.807, 2.05) is 41.5 Å². The molecule has 296 valence electrons. The first-order chi connectivity index (χ1) is 24.7. The molecule has 6 nitrogen and oxygen atoms in total. The lowest BCUT2D eigenvalue weighted by molar-refractivity contribution is -0.348. The second kappa shape index (κ2) is 14.8. The second-order valence-corrected chi connectivity index (χ2v) is 16.7. The van der Waals surface area contributed by atoms with Crippen molar-refractivity contribution in [2.45, 2.75) is 145 Å². The number of benzene rings is 2. The number of aryl methyl sites for hydroxylation is 1. The third-order valence-corrected chi connectivity index (χ3v) is 14.9. The predicted molar refractivity (Wildman–Crippen MR) is 187 cm³/mol. The van der Waals surface area contributed by atoms with Gasteiger partial charge in [-0.3, -0.25) is 9.59 Å². The Morgan fingerprint density at radius 2 is 1.34 bits per heavy atom. The van der Waals surface area contributed by atoms with Crippen LogP contribution in [0.2, 0.25) is 0 Å². The molecule has 0 spiro atoms. The van der Waals surface area contributed by atoms with Crippen molar-refractivity contribution in [1.29, 1.82) is 0 Å². The van der Waals surface area contributed by atoms with Crippen molar-refractivity contribution in [2.24, 2.45) is 10.8 Å². The number of halogens is 7. The number of sulfone groups is 1. The van der Waals surface area contributed by atoms with Gasteiger partial charge in [-0.2, -0.15) is 26.3 Å². The zero-order valence-corrected chi connectivity index (χ0v) is 31.9. The summed E-state index contributed by atoms with van der Waals surface area (Å²) in [4.78, 5) is 27.9. The lowest BCUT2D eigenvalue weighted by Gasteiger charge is -2.52. The van der Waals surface area contributed by atoms with Crippen molar-refractivity contribution in [1.82, 2.24) is 4.90 Å². The summed E-state index contributed by atoms with van der Waals surface area (Å²) in [5, 5.41) is 9.84. The fourth-order valence-electron chi connectivity index (χ4n) is 9.03. The number of likely N-dealkylation sites (tertiary alicyclic amines) is 1. The minimum absolute atomic E-state index is 0.0428. The number of alkyl halides is 7. The first-order valence-electron chi connectivity index (χ1n) is 18.6. The Morgan fingerprint density at radius 3 is 1.81 bits per heavy atom. The van der Waals surface area contributed by atoms with Crippen LogP contribution in [0.4, 0.5) is 30.7 Å². The number of carboxylic acids is 1. The SMILES string of the molecule is CC.CC.CCC(C)c1ccc(S(=O)(=O)C23CCN(C(=O)C45CCC(C(=O)O)(CC4)CC5)C2CCc2cc(C(F)(C(F)(F)F)C(F)(F)F)ccc23)cc1. The number of carboxylic acid groups (broad SMARTS) is 1. The molecule has 2 bridgehead atoms. The summed E-state index contributed by atoms with van der Waals surface area (Å²) in [6.45, 7) is 11.9. The van der Waals surface area contributed by atoms with Crippen molar-refractivity contribution in [2.75, 3.05) is 6.54 Å². The van der Waals surface area contributed by atoms with Crippen LogP contribution in [0.25, 0.3) is 0 Å². The maximum atomic E-state index is 15.2. The largest absolute Gasteiger partial charge is 0.481 e. The number of carbonyl (C=O) groups is 2. The Morgan fingerprint density at radius 1 is 0.830 bits per heavy atom. The highest BCUT2D eigenvalue weighted by atomic mass is 32.2. The van der Waals surface area contributed by atoms with Crippen LogP contribution in [0.3, 0.4) is 0 Å². The Balaban J connectivity index is 0.00000152. The number of fused-ring (bicyclic) bond motifs is 6. The van der Waals surface area contributed by atoms with E-state index in [9.17, 15) is 49.5 Å². The average Bonchev–Trinajstić information content (AvgIpc) is 3.56. The summed E-state index contributed by atoms with van der Waals surface area (Å²) in [7, 11) is -4.47. The highest BCUT2D eigenvalue weighted by Gasteiger charge is 2.74. The summed E-state index contributed by atoms with van der Waals surface area (Å²) in [5.41, 5.74) is -8.50. The van der Waals surface area contributed by atoms with Gasteiger partial charge in [0.2, 0.25) is 5.91 Å². The Kier molecular flexibility index (Phi) is 11.9. The molecule has 4 fully saturated rings. The van der Waals surface area contributed by atoms with E-state index < -0.39 is 61.0 Å². The Hall–Kier alpha value is -3.16. The number of hydrogen-bond acceptors (Lipinski definition) is 4. The normalized spacial score (nSPS) is 27.3. The van der Waals surface area contributed by atoms with E-state index in [2.05, 4.69) is 0 Å². The van der Waals surface area contributed by atoms with Gasteiger partial charge in [0.25, 0.3) is 0 Å². The van der Waals surface area contributed by atoms with Gasteiger partial charge in [0.15, 0.2) is 9.84 Å². The predicted octanol–water partition coefficient (Wildman–Crippen LogP) is 10.2. The van der Waals surface area contributed by atoms with Gasteiger partial charge in [-0.25, -0.2) is 12.8 Å². The highest BCUT2D eigenvalue weighted by Crippen LogP contribution is 2.61. The van der Waals surface area contributed by atoms with E-state index >= 15 is 4.39 Å². The van der Waals surface area contributed by atoms with Crippen LogP contribution in [0.1, 0.15) is 128 Å². The molecular formula is C39H50F7NO5S. The van der Waals surface area contributed by atoms with E-state index in [0.29, 0.717) is 50.7 Å². The van der Waals surface area contributed by atoms with E-state index in [1.165, 1.54) is 17.0 Å². The van der Waals surface area contributed by atoms with Gasteiger partial charge in [-0.15, -0.1) is 0 Å². The maximum absolute atomic E-state index is 15.2. The third kappa shape index (κ3) is 6.46. The zero-order chi connectivity index (χ0) is 40.0. The fraction of sp³-hybridized carbons (Fsp3) is 0.641. The van der Waals surface area contributed by atoms with Crippen molar-refractivity contribution in [3.8, 4) is 0 Å². The van der Waals surface area contributed by atoms with Crippen molar-refractivity contribution in [3.05, 3.63) is 64.7 Å².